The fraction of sp³-hybridized carbons (Fsp3) is 0.467. The Bertz CT molecular complexity index is 569. The molecule has 4 heteroatoms. The second kappa shape index (κ2) is 3.74. The second-order valence-corrected chi connectivity index (χ2v) is 5.68. The zero-order valence-electron chi connectivity index (χ0n) is 10.6. The summed E-state index contributed by atoms with van der Waals surface area (Å²) < 4.78 is 5.99. The average molecular weight is 259 g/mol. The molecule has 4 nitrogen and oxygen atoms in total. The van der Waals surface area contributed by atoms with Gasteiger partial charge in [-0.15, -0.1) is 0 Å². The van der Waals surface area contributed by atoms with Crippen molar-refractivity contribution in [2.75, 3.05) is 6.54 Å². The quantitative estimate of drug-likeness (QED) is 0.613. The summed E-state index contributed by atoms with van der Waals surface area (Å²) >= 11 is 0. The minimum absolute atomic E-state index is 0.0746. The molecule has 0 unspecified atom stereocenters. The molecular formula is C15H17NO3. The highest BCUT2D eigenvalue weighted by atomic mass is 16.5. The topological polar surface area (TPSA) is 61.7 Å². The first-order chi connectivity index (χ1) is 9.21. The summed E-state index contributed by atoms with van der Waals surface area (Å²) in [7, 11) is 0. The van der Waals surface area contributed by atoms with Crippen LogP contribution in [-0.4, -0.2) is 29.0 Å². The van der Waals surface area contributed by atoms with Gasteiger partial charge in [-0.2, -0.15) is 0 Å². The lowest BCUT2D eigenvalue weighted by atomic mass is 9.69. The van der Waals surface area contributed by atoms with Crippen LogP contribution < -0.4 is 10.1 Å². The Morgan fingerprint density at radius 3 is 3.16 bits per heavy atom. The highest BCUT2D eigenvalue weighted by Crippen LogP contribution is 2.54. The number of aliphatic hydroxyl groups excluding tert-OH is 1. The molecule has 100 valence electrons. The van der Waals surface area contributed by atoms with E-state index in [0.29, 0.717) is 12.2 Å². The first-order valence-corrected chi connectivity index (χ1v) is 6.81. The number of ether oxygens (including phenoxy) is 1. The van der Waals surface area contributed by atoms with Gasteiger partial charge in [0.15, 0.2) is 11.5 Å². The van der Waals surface area contributed by atoms with Gasteiger partial charge < -0.3 is 20.3 Å². The van der Waals surface area contributed by atoms with Crippen LogP contribution in [0.15, 0.2) is 24.3 Å². The number of nitrogens with one attached hydrogen (secondary N) is 1. The lowest BCUT2D eigenvalue weighted by Gasteiger charge is -2.35. The third kappa shape index (κ3) is 1.41. The Labute approximate surface area is 111 Å². The molecule has 3 N–H and O–H groups in total. The van der Waals surface area contributed by atoms with Crippen LogP contribution in [-0.2, 0) is 12.0 Å². The molecule has 1 aliphatic carbocycles. The minimum Gasteiger partial charge on any atom is -0.504 e. The van der Waals surface area contributed by atoms with Gasteiger partial charge in [0.25, 0.3) is 0 Å². The lowest BCUT2D eigenvalue weighted by Crippen LogP contribution is -2.42. The van der Waals surface area contributed by atoms with Crippen molar-refractivity contribution in [1.82, 2.24) is 5.32 Å². The van der Waals surface area contributed by atoms with E-state index in [0.717, 1.165) is 25.1 Å². The fourth-order valence-electron chi connectivity index (χ4n) is 3.72. The van der Waals surface area contributed by atoms with Crippen molar-refractivity contribution in [1.29, 1.82) is 0 Å². The molecule has 1 spiro atoms. The predicted octanol–water partition coefficient (Wildman–Crippen LogP) is 1.21. The molecule has 4 rings (SSSR count). The van der Waals surface area contributed by atoms with Crippen molar-refractivity contribution < 1.29 is 14.9 Å². The zero-order chi connectivity index (χ0) is 13.0. The first kappa shape index (κ1) is 11.3. The highest BCUT2D eigenvalue weighted by molar-refractivity contribution is 5.60. The SMILES string of the molecule is Oc1ccc2c3c1O[C@@H]1C[C@H](O)C=C[C@]31CCNC2. The summed E-state index contributed by atoms with van der Waals surface area (Å²) in [6.45, 7) is 1.71. The number of aliphatic hydroxyl groups is 1. The Balaban J connectivity index is 1.98. The molecular weight excluding hydrogens is 242 g/mol. The van der Waals surface area contributed by atoms with Crippen LogP contribution in [0.1, 0.15) is 24.0 Å². The van der Waals surface area contributed by atoms with Gasteiger partial charge in [0, 0.05) is 18.5 Å². The summed E-state index contributed by atoms with van der Waals surface area (Å²) in [5, 5.41) is 23.3. The van der Waals surface area contributed by atoms with Gasteiger partial charge in [0.2, 0.25) is 0 Å². The van der Waals surface area contributed by atoms with Crippen LogP contribution in [0, 0.1) is 0 Å². The predicted molar refractivity (Wildman–Crippen MR) is 70.3 cm³/mol. The van der Waals surface area contributed by atoms with Crippen LogP contribution in [0.4, 0.5) is 0 Å². The number of phenols is 1. The third-order valence-electron chi connectivity index (χ3n) is 4.63. The van der Waals surface area contributed by atoms with E-state index in [2.05, 4.69) is 11.4 Å². The molecule has 19 heavy (non-hydrogen) atoms. The van der Waals surface area contributed by atoms with Crippen LogP contribution in [0.3, 0.4) is 0 Å². The molecule has 0 radical (unpaired) electrons. The van der Waals surface area contributed by atoms with Crippen molar-refractivity contribution in [3.8, 4) is 11.5 Å². The second-order valence-electron chi connectivity index (χ2n) is 5.68. The summed E-state index contributed by atoms with van der Waals surface area (Å²) in [6.07, 6.45) is 4.96. The molecule has 0 aromatic heterocycles. The Morgan fingerprint density at radius 1 is 1.37 bits per heavy atom. The van der Waals surface area contributed by atoms with Crippen molar-refractivity contribution in [3.63, 3.8) is 0 Å². The van der Waals surface area contributed by atoms with Crippen molar-refractivity contribution in [2.45, 2.75) is 37.0 Å². The van der Waals surface area contributed by atoms with Gasteiger partial charge in [-0.3, -0.25) is 0 Å². The Hall–Kier alpha value is -1.52. The number of rotatable bonds is 0. The van der Waals surface area contributed by atoms with E-state index in [1.54, 1.807) is 6.07 Å². The monoisotopic (exact) mass is 259 g/mol. The van der Waals surface area contributed by atoms with Crippen molar-refractivity contribution in [2.24, 2.45) is 0 Å². The van der Waals surface area contributed by atoms with Crippen molar-refractivity contribution >= 4 is 0 Å². The molecule has 2 heterocycles. The largest absolute Gasteiger partial charge is 0.504 e. The summed E-state index contributed by atoms with van der Waals surface area (Å²) in [5.74, 6) is 0.822. The average Bonchev–Trinajstić information content (AvgIpc) is 2.61. The number of benzene rings is 1. The van der Waals surface area contributed by atoms with E-state index in [1.165, 1.54) is 5.56 Å². The standard InChI is InChI=1S/C15H17NO3/c17-10-3-4-15-5-6-16-8-9-1-2-11(18)14(13(9)15)19-12(15)7-10/h1-4,10,12,16-18H,5-8H2/t10-,12-,15-/m1/s1. The molecule has 0 bridgehead atoms. The normalized spacial score (nSPS) is 35.2. The van der Waals surface area contributed by atoms with Crippen LogP contribution in [0.5, 0.6) is 11.5 Å². The molecule has 3 aliphatic rings. The van der Waals surface area contributed by atoms with E-state index in [4.69, 9.17) is 4.74 Å². The van der Waals surface area contributed by atoms with Crippen LogP contribution in [0.2, 0.25) is 0 Å². The van der Waals surface area contributed by atoms with Gasteiger partial charge in [0.1, 0.15) is 6.10 Å². The molecule has 0 fully saturated rings. The summed E-state index contributed by atoms with van der Waals surface area (Å²) in [6, 6.07) is 3.67. The van der Waals surface area contributed by atoms with E-state index < -0.39 is 6.10 Å². The molecule has 0 saturated carbocycles. The third-order valence-corrected chi connectivity index (χ3v) is 4.63. The summed E-state index contributed by atoms with van der Waals surface area (Å²) in [5.41, 5.74) is 2.12. The fourth-order valence-corrected chi connectivity index (χ4v) is 3.72. The van der Waals surface area contributed by atoms with Crippen molar-refractivity contribution in [3.05, 3.63) is 35.4 Å². The molecule has 3 atom stereocenters. The van der Waals surface area contributed by atoms with Gasteiger partial charge in [-0.05, 0) is 24.6 Å². The summed E-state index contributed by atoms with van der Waals surface area (Å²) in [4.78, 5) is 0. The molecule has 0 saturated heterocycles. The maximum absolute atomic E-state index is 10.1. The number of hydrogen-bond donors (Lipinski definition) is 3. The minimum atomic E-state index is -0.452. The smallest absolute Gasteiger partial charge is 0.165 e. The highest BCUT2D eigenvalue weighted by Gasteiger charge is 2.51. The maximum Gasteiger partial charge on any atom is 0.165 e. The van der Waals surface area contributed by atoms with Gasteiger partial charge in [0.05, 0.1) is 11.5 Å². The molecule has 1 aromatic carbocycles. The number of aromatic hydroxyl groups is 1. The van der Waals surface area contributed by atoms with E-state index in [1.807, 2.05) is 12.1 Å². The van der Waals surface area contributed by atoms with Crippen LogP contribution in [0.25, 0.3) is 0 Å². The van der Waals surface area contributed by atoms with Gasteiger partial charge in [-0.1, -0.05) is 18.2 Å². The van der Waals surface area contributed by atoms with Gasteiger partial charge in [-0.25, -0.2) is 0 Å². The first-order valence-electron chi connectivity index (χ1n) is 6.81. The molecule has 1 aromatic rings. The maximum atomic E-state index is 10.1. The van der Waals surface area contributed by atoms with E-state index in [9.17, 15) is 10.2 Å². The van der Waals surface area contributed by atoms with E-state index >= 15 is 0 Å². The molecule has 2 aliphatic heterocycles. The lowest BCUT2D eigenvalue weighted by molar-refractivity contribution is 0.0852. The number of hydrogen-bond acceptors (Lipinski definition) is 4. The van der Waals surface area contributed by atoms with Gasteiger partial charge >= 0.3 is 0 Å². The zero-order valence-corrected chi connectivity index (χ0v) is 10.6. The number of phenolic OH excluding ortho intramolecular Hbond substituents is 1. The Morgan fingerprint density at radius 2 is 2.26 bits per heavy atom. The Kier molecular flexibility index (Phi) is 2.23. The van der Waals surface area contributed by atoms with E-state index in [-0.39, 0.29) is 17.3 Å². The van der Waals surface area contributed by atoms with Crippen LogP contribution >= 0.6 is 0 Å². The molecule has 0 amide bonds.